The van der Waals surface area contributed by atoms with Gasteiger partial charge in [0.1, 0.15) is 0 Å². The van der Waals surface area contributed by atoms with E-state index in [4.69, 9.17) is 0 Å². The Balaban J connectivity index is 1.29. The maximum atomic E-state index is 15.7. The molecule has 1 unspecified atom stereocenters. The minimum atomic E-state index is -3.17. The Morgan fingerprint density at radius 1 is 1.14 bits per heavy atom. The molecule has 190 valence electrons. The number of anilines is 1. The van der Waals surface area contributed by atoms with E-state index in [1.54, 1.807) is 24.4 Å². The van der Waals surface area contributed by atoms with Crippen LogP contribution >= 0.6 is 0 Å². The fourth-order valence-corrected chi connectivity index (χ4v) is 6.41. The second-order valence-corrected chi connectivity index (χ2v) is 12.6. The molecule has 3 aliphatic rings. The van der Waals surface area contributed by atoms with E-state index in [1.165, 1.54) is 22.7 Å². The van der Waals surface area contributed by atoms with Crippen LogP contribution in [0.3, 0.4) is 0 Å². The lowest BCUT2D eigenvalue weighted by Crippen LogP contribution is -2.39. The van der Waals surface area contributed by atoms with Crippen LogP contribution in [-0.2, 0) is 28.9 Å². The van der Waals surface area contributed by atoms with Crippen molar-refractivity contribution in [3.8, 4) is 0 Å². The highest BCUT2D eigenvalue weighted by molar-refractivity contribution is 7.88. The van der Waals surface area contributed by atoms with Crippen LogP contribution in [0.2, 0.25) is 0 Å². The van der Waals surface area contributed by atoms with Crippen molar-refractivity contribution in [1.29, 1.82) is 0 Å². The monoisotopic (exact) mass is 507 g/mol. The molecule has 35 heavy (non-hydrogen) atoms. The lowest BCUT2D eigenvalue weighted by molar-refractivity contribution is 0.0174. The Morgan fingerprint density at radius 2 is 1.80 bits per heavy atom. The molecule has 5 nitrogen and oxygen atoms in total. The van der Waals surface area contributed by atoms with Gasteiger partial charge in [-0.2, -0.15) is 0 Å². The van der Waals surface area contributed by atoms with Gasteiger partial charge in [-0.1, -0.05) is 24.3 Å². The second-order valence-electron chi connectivity index (χ2n) is 10.7. The number of pyridine rings is 1. The Kier molecular flexibility index (Phi) is 6.15. The summed E-state index contributed by atoms with van der Waals surface area (Å²) in [6.45, 7) is 2.40. The number of alkyl halides is 2. The van der Waals surface area contributed by atoms with Crippen molar-refractivity contribution in [2.45, 2.75) is 64.0 Å². The van der Waals surface area contributed by atoms with Crippen molar-refractivity contribution in [1.82, 2.24) is 9.29 Å². The standard InChI is InChI=1S/C26H32F3N3O2S/c1-25(28,29)19-5-3-18(4-6-19)17-32(21-7-8-21)23-9-12-30-22(24(23)27)15-20-16-26(20)10-13-31(14-11-26)35(2,33)34/h3-6,9,12,20-21H,7-8,10-11,13-17H2,1-2H3. The van der Waals surface area contributed by atoms with E-state index in [0.29, 0.717) is 43.4 Å². The first-order valence-corrected chi connectivity index (χ1v) is 14.1. The highest BCUT2D eigenvalue weighted by atomic mass is 32.2. The number of halogens is 3. The number of benzene rings is 1. The quantitative estimate of drug-likeness (QED) is 0.499. The minimum Gasteiger partial charge on any atom is -0.362 e. The molecule has 2 aromatic rings. The van der Waals surface area contributed by atoms with Gasteiger partial charge in [0.05, 0.1) is 17.6 Å². The van der Waals surface area contributed by atoms with Crippen LogP contribution < -0.4 is 4.90 Å². The molecule has 3 fully saturated rings. The van der Waals surface area contributed by atoms with E-state index in [9.17, 15) is 17.2 Å². The number of rotatable bonds is 8. The summed E-state index contributed by atoms with van der Waals surface area (Å²) in [6.07, 6.45) is 8.02. The summed E-state index contributed by atoms with van der Waals surface area (Å²) in [5.41, 5.74) is 1.91. The molecule has 2 saturated carbocycles. The predicted molar refractivity (Wildman–Crippen MR) is 129 cm³/mol. The molecule has 2 heterocycles. The maximum Gasteiger partial charge on any atom is 0.270 e. The van der Waals surface area contributed by atoms with Gasteiger partial charge < -0.3 is 4.90 Å². The minimum absolute atomic E-state index is 0.0302. The van der Waals surface area contributed by atoms with Gasteiger partial charge in [-0.15, -0.1) is 0 Å². The fourth-order valence-electron chi connectivity index (χ4n) is 5.57. The molecule has 1 aliphatic heterocycles. The molecular formula is C26H32F3N3O2S. The highest BCUT2D eigenvalue weighted by Gasteiger charge is 2.55. The summed E-state index contributed by atoms with van der Waals surface area (Å²) < 4.78 is 68.0. The highest BCUT2D eigenvalue weighted by Crippen LogP contribution is 2.60. The van der Waals surface area contributed by atoms with Gasteiger partial charge in [0.25, 0.3) is 5.92 Å². The number of nitrogens with zero attached hydrogens (tertiary/aromatic N) is 3. The second kappa shape index (κ2) is 8.76. The van der Waals surface area contributed by atoms with E-state index in [-0.39, 0.29) is 22.8 Å². The lowest BCUT2D eigenvalue weighted by atomic mass is 9.90. The summed E-state index contributed by atoms with van der Waals surface area (Å²) in [5, 5.41) is 0. The van der Waals surface area contributed by atoms with Gasteiger partial charge in [0.2, 0.25) is 10.0 Å². The smallest absolute Gasteiger partial charge is 0.270 e. The van der Waals surface area contributed by atoms with E-state index < -0.39 is 15.9 Å². The van der Waals surface area contributed by atoms with E-state index in [0.717, 1.165) is 44.6 Å². The third-order valence-corrected chi connectivity index (χ3v) is 9.34. The number of hydrogen-bond donors (Lipinski definition) is 0. The van der Waals surface area contributed by atoms with Crippen molar-refractivity contribution in [3.05, 3.63) is 59.2 Å². The summed E-state index contributed by atoms with van der Waals surface area (Å²) in [5.74, 6) is -2.87. The van der Waals surface area contributed by atoms with Crippen LogP contribution in [0.25, 0.3) is 0 Å². The first-order chi connectivity index (χ1) is 16.5. The SMILES string of the molecule is CC(F)(F)c1ccc(CN(c2ccnc(CC3CC34CCN(S(C)(=O)=O)CC4)c2F)C2CC2)cc1. The van der Waals surface area contributed by atoms with Gasteiger partial charge in [-0.25, -0.2) is 25.9 Å². The van der Waals surface area contributed by atoms with Crippen molar-refractivity contribution >= 4 is 15.7 Å². The summed E-state index contributed by atoms with van der Waals surface area (Å²) >= 11 is 0. The number of aromatic nitrogens is 1. The molecule has 1 atom stereocenters. The lowest BCUT2D eigenvalue weighted by Gasteiger charge is -2.31. The van der Waals surface area contributed by atoms with Crippen molar-refractivity contribution < 1.29 is 21.6 Å². The van der Waals surface area contributed by atoms with Gasteiger partial charge in [-0.05, 0) is 61.5 Å². The Hall–Kier alpha value is -2.13. The van der Waals surface area contributed by atoms with Gasteiger partial charge in [0.15, 0.2) is 5.82 Å². The zero-order chi connectivity index (χ0) is 25.0. The molecule has 1 saturated heterocycles. The van der Waals surface area contributed by atoms with Crippen molar-refractivity contribution in [2.75, 3.05) is 24.2 Å². The number of sulfonamides is 1. The van der Waals surface area contributed by atoms with Crippen LogP contribution in [0.5, 0.6) is 0 Å². The molecule has 5 rings (SSSR count). The van der Waals surface area contributed by atoms with Gasteiger partial charge in [-0.3, -0.25) is 4.98 Å². The van der Waals surface area contributed by atoms with Gasteiger partial charge in [0, 0.05) is 44.4 Å². The third kappa shape index (κ3) is 5.21. The van der Waals surface area contributed by atoms with Crippen molar-refractivity contribution in [3.63, 3.8) is 0 Å². The van der Waals surface area contributed by atoms with Crippen LogP contribution in [-0.4, -0.2) is 43.1 Å². The third-order valence-electron chi connectivity index (χ3n) is 8.04. The molecule has 1 aromatic carbocycles. The van der Waals surface area contributed by atoms with Crippen LogP contribution in [0.4, 0.5) is 18.9 Å². The average Bonchev–Trinajstić information content (AvgIpc) is 3.72. The molecule has 0 N–H and O–H groups in total. The molecule has 1 spiro atoms. The van der Waals surface area contributed by atoms with E-state index >= 15 is 4.39 Å². The molecule has 0 amide bonds. The van der Waals surface area contributed by atoms with E-state index in [1.807, 2.05) is 4.90 Å². The Morgan fingerprint density at radius 3 is 2.37 bits per heavy atom. The normalized spacial score (nSPS) is 22.4. The summed E-state index contributed by atoms with van der Waals surface area (Å²) in [4.78, 5) is 6.40. The summed E-state index contributed by atoms with van der Waals surface area (Å²) in [7, 11) is -3.17. The molecule has 1 aromatic heterocycles. The molecule has 9 heteroatoms. The maximum absolute atomic E-state index is 15.7. The number of hydrogen-bond acceptors (Lipinski definition) is 4. The molecule has 0 radical (unpaired) electrons. The first kappa shape index (κ1) is 24.6. The Labute approximate surface area is 205 Å². The zero-order valence-electron chi connectivity index (χ0n) is 20.2. The van der Waals surface area contributed by atoms with Crippen LogP contribution in [0, 0.1) is 17.2 Å². The van der Waals surface area contributed by atoms with Gasteiger partial charge >= 0.3 is 0 Å². The fraction of sp³-hybridized carbons (Fsp3) is 0.577. The van der Waals surface area contributed by atoms with Crippen LogP contribution in [0.1, 0.15) is 55.8 Å². The zero-order valence-corrected chi connectivity index (χ0v) is 21.0. The molecular weight excluding hydrogens is 475 g/mol. The topological polar surface area (TPSA) is 53.5 Å². The van der Waals surface area contributed by atoms with Crippen LogP contribution in [0.15, 0.2) is 36.5 Å². The average molecular weight is 508 g/mol. The van der Waals surface area contributed by atoms with E-state index in [2.05, 4.69) is 4.98 Å². The van der Waals surface area contributed by atoms with Crippen molar-refractivity contribution in [2.24, 2.45) is 11.3 Å². The molecule has 0 bridgehead atoms. The number of piperidine rings is 1. The Bertz CT molecular complexity index is 1190. The summed E-state index contributed by atoms with van der Waals surface area (Å²) in [6, 6.07) is 8.21. The first-order valence-electron chi connectivity index (χ1n) is 12.3. The largest absolute Gasteiger partial charge is 0.362 e. The molecule has 2 aliphatic carbocycles. The predicted octanol–water partition coefficient (Wildman–Crippen LogP) is 5.11.